The molecule has 2 unspecified atom stereocenters. The van der Waals surface area contributed by atoms with Crippen molar-refractivity contribution in [1.29, 1.82) is 0 Å². The van der Waals surface area contributed by atoms with E-state index in [4.69, 9.17) is 15.0 Å². The fourth-order valence-electron chi connectivity index (χ4n) is 2.47. The monoisotopic (exact) mass is 283 g/mol. The van der Waals surface area contributed by atoms with Crippen molar-refractivity contribution in [2.24, 2.45) is 5.84 Å². The number of nitrogens with one attached hydrogen (secondary N) is 1. The Morgan fingerprint density at radius 3 is 3.00 bits per heavy atom. The number of aliphatic hydroxyl groups is 1. The number of hydrogen-bond donors (Lipinski definition) is 3. The quantitative estimate of drug-likeness (QED) is 0.401. The van der Waals surface area contributed by atoms with Crippen molar-refractivity contribution in [3.8, 4) is 0 Å². The number of rotatable bonds is 4. The van der Waals surface area contributed by atoms with Crippen LogP contribution in [0.5, 0.6) is 0 Å². The third-order valence-corrected chi connectivity index (χ3v) is 3.37. The molecule has 1 saturated heterocycles. The first-order valence-corrected chi connectivity index (χ1v) is 6.62. The number of hydrazine groups is 1. The summed E-state index contributed by atoms with van der Waals surface area (Å²) in [4.78, 5) is 13.6. The highest BCUT2D eigenvalue weighted by atomic mass is 16.5. The van der Waals surface area contributed by atoms with Crippen molar-refractivity contribution < 1.29 is 19.1 Å². The number of furan rings is 1. The van der Waals surface area contributed by atoms with Gasteiger partial charge in [0.15, 0.2) is 5.76 Å². The van der Waals surface area contributed by atoms with Crippen LogP contribution in [0.25, 0.3) is 0 Å². The predicted octanol–water partition coefficient (Wildman–Crippen LogP) is -0.227. The molecule has 0 bridgehead atoms. The van der Waals surface area contributed by atoms with Gasteiger partial charge < -0.3 is 14.3 Å². The number of morpholine rings is 1. The van der Waals surface area contributed by atoms with Crippen LogP contribution >= 0.6 is 0 Å². The van der Waals surface area contributed by atoms with Gasteiger partial charge in [-0.15, -0.1) is 0 Å². The predicted molar refractivity (Wildman–Crippen MR) is 71.8 cm³/mol. The van der Waals surface area contributed by atoms with Crippen LogP contribution in [-0.4, -0.2) is 47.8 Å². The smallest absolute Gasteiger partial charge is 0.300 e. The highest BCUT2D eigenvalue weighted by Crippen LogP contribution is 2.19. The summed E-state index contributed by atoms with van der Waals surface area (Å²) in [6, 6.07) is 1.70. The van der Waals surface area contributed by atoms with Crippen LogP contribution in [0.3, 0.4) is 0 Å². The molecule has 0 radical (unpaired) electrons. The highest BCUT2D eigenvalue weighted by Gasteiger charge is 2.26. The topological polar surface area (TPSA) is 101 Å². The first-order valence-electron chi connectivity index (χ1n) is 6.62. The molecule has 0 spiro atoms. The Kier molecular flexibility index (Phi) is 4.77. The maximum atomic E-state index is 11.4. The normalized spacial score (nSPS) is 23.8. The van der Waals surface area contributed by atoms with Gasteiger partial charge >= 0.3 is 5.91 Å². The largest absolute Gasteiger partial charge is 0.456 e. The van der Waals surface area contributed by atoms with E-state index in [1.165, 1.54) is 0 Å². The van der Waals surface area contributed by atoms with E-state index in [0.717, 1.165) is 12.1 Å². The summed E-state index contributed by atoms with van der Waals surface area (Å²) in [5.74, 6) is 5.55. The average Bonchev–Trinajstić information content (AvgIpc) is 2.78. The van der Waals surface area contributed by atoms with Crippen molar-refractivity contribution >= 4 is 5.91 Å². The molecule has 0 aliphatic carbocycles. The van der Waals surface area contributed by atoms with Gasteiger partial charge in [0.25, 0.3) is 0 Å². The lowest BCUT2D eigenvalue weighted by Gasteiger charge is -2.35. The minimum absolute atomic E-state index is 0.00599. The van der Waals surface area contributed by atoms with Gasteiger partial charge in [-0.05, 0) is 19.9 Å². The van der Waals surface area contributed by atoms with Crippen molar-refractivity contribution in [2.75, 3.05) is 19.7 Å². The van der Waals surface area contributed by atoms with Gasteiger partial charge in [-0.1, -0.05) is 0 Å². The van der Waals surface area contributed by atoms with Crippen LogP contribution in [0.1, 0.15) is 28.8 Å². The second-order valence-electron chi connectivity index (χ2n) is 5.11. The first-order chi connectivity index (χ1) is 9.53. The zero-order valence-electron chi connectivity index (χ0n) is 11.8. The Morgan fingerprint density at radius 1 is 1.60 bits per heavy atom. The Labute approximate surface area is 117 Å². The van der Waals surface area contributed by atoms with Gasteiger partial charge in [-0.2, -0.15) is 0 Å². The van der Waals surface area contributed by atoms with Crippen LogP contribution in [0.4, 0.5) is 0 Å². The molecule has 0 aromatic carbocycles. The van der Waals surface area contributed by atoms with Crippen LogP contribution in [-0.2, 0) is 11.3 Å². The molecule has 7 heteroatoms. The number of carbonyl (C=O) groups is 1. The van der Waals surface area contributed by atoms with Crippen molar-refractivity contribution in [1.82, 2.24) is 10.3 Å². The minimum atomic E-state index is -0.442. The zero-order valence-corrected chi connectivity index (χ0v) is 11.8. The second-order valence-corrected chi connectivity index (χ2v) is 5.11. The van der Waals surface area contributed by atoms with Crippen LogP contribution in [0.2, 0.25) is 0 Å². The molecule has 2 heterocycles. The summed E-state index contributed by atoms with van der Waals surface area (Å²) in [7, 11) is 0. The molecule has 1 aromatic rings. The fourth-order valence-corrected chi connectivity index (χ4v) is 2.47. The van der Waals surface area contributed by atoms with Crippen LogP contribution in [0.15, 0.2) is 10.5 Å². The minimum Gasteiger partial charge on any atom is -0.456 e. The maximum Gasteiger partial charge on any atom is 0.300 e. The molecule has 4 N–H and O–H groups in total. The number of ether oxygens (including phenoxy) is 1. The summed E-state index contributed by atoms with van der Waals surface area (Å²) in [5.41, 5.74) is 2.99. The number of amides is 1. The Hall–Kier alpha value is -1.41. The van der Waals surface area contributed by atoms with Gasteiger partial charge in [0.2, 0.25) is 0 Å². The Morgan fingerprint density at radius 2 is 2.35 bits per heavy atom. The number of nitrogen functional groups attached to an aromatic ring is 1. The van der Waals surface area contributed by atoms with Gasteiger partial charge in [-0.3, -0.25) is 15.1 Å². The average molecular weight is 283 g/mol. The molecular weight excluding hydrogens is 262 g/mol. The van der Waals surface area contributed by atoms with Gasteiger partial charge in [0.05, 0.1) is 18.8 Å². The van der Waals surface area contributed by atoms with Gasteiger partial charge in [0, 0.05) is 25.2 Å². The summed E-state index contributed by atoms with van der Waals surface area (Å²) in [5, 5.41) is 9.22. The van der Waals surface area contributed by atoms with Crippen LogP contribution < -0.4 is 11.3 Å². The number of aliphatic hydroxyl groups excluding tert-OH is 1. The molecule has 1 aliphatic rings. The summed E-state index contributed by atoms with van der Waals surface area (Å²) >= 11 is 0. The van der Waals surface area contributed by atoms with Crippen molar-refractivity contribution in [2.45, 2.75) is 32.6 Å². The zero-order chi connectivity index (χ0) is 14.7. The standard InChI is InChI=1S/C13H21N3O4/c1-8-4-16(6-11(7-17)19-8)5-10-3-12(13(18)15-14)20-9(10)2/h3,8,11,17H,4-7,14H2,1-2H3,(H,15,18). The number of carbonyl (C=O) groups excluding carboxylic acids is 1. The third-order valence-electron chi connectivity index (χ3n) is 3.37. The van der Waals surface area contributed by atoms with Crippen molar-refractivity contribution in [3.63, 3.8) is 0 Å². The maximum absolute atomic E-state index is 11.4. The molecule has 20 heavy (non-hydrogen) atoms. The van der Waals surface area contributed by atoms with Crippen molar-refractivity contribution in [3.05, 3.63) is 23.2 Å². The Balaban J connectivity index is 2.05. The van der Waals surface area contributed by atoms with Gasteiger partial charge in [-0.25, -0.2) is 5.84 Å². The summed E-state index contributed by atoms with van der Waals surface area (Å²) in [6.07, 6.45) is -0.0994. The van der Waals surface area contributed by atoms with E-state index in [2.05, 4.69) is 4.90 Å². The van der Waals surface area contributed by atoms with Crippen LogP contribution in [0, 0.1) is 6.92 Å². The Bertz CT molecular complexity index is 474. The molecule has 1 aliphatic heterocycles. The van der Waals surface area contributed by atoms with Gasteiger partial charge in [0.1, 0.15) is 5.76 Å². The number of hydrogen-bond acceptors (Lipinski definition) is 6. The molecule has 1 amide bonds. The van der Waals surface area contributed by atoms with E-state index in [1.807, 2.05) is 19.3 Å². The molecule has 1 fully saturated rings. The summed E-state index contributed by atoms with van der Waals surface area (Å²) < 4.78 is 11.0. The van der Waals surface area contributed by atoms with E-state index < -0.39 is 5.91 Å². The number of aryl methyl sites for hydroxylation is 1. The van der Waals surface area contributed by atoms with E-state index in [1.54, 1.807) is 6.07 Å². The lowest BCUT2D eigenvalue weighted by atomic mass is 10.1. The SMILES string of the molecule is Cc1oc(C(=O)NN)cc1CN1CC(C)OC(CO)C1. The molecule has 7 nitrogen and oxygen atoms in total. The van der Waals surface area contributed by atoms with E-state index in [0.29, 0.717) is 18.8 Å². The molecule has 0 saturated carbocycles. The first kappa shape index (κ1) is 15.0. The third kappa shape index (κ3) is 3.37. The summed E-state index contributed by atoms with van der Waals surface area (Å²) in [6.45, 7) is 5.88. The highest BCUT2D eigenvalue weighted by molar-refractivity contribution is 5.91. The van der Waals surface area contributed by atoms with E-state index in [-0.39, 0.29) is 24.6 Å². The lowest BCUT2D eigenvalue weighted by Crippen LogP contribution is -2.47. The van der Waals surface area contributed by atoms with E-state index >= 15 is 0 Å². The van der Waals surface area contributed by atoms with E-state index in [9.17, 15) is 9.90 Å². The molecule has 112 valence electrons. The fraction of sp³-hybridized carbons (Fsp3) is 0.615. The molecule has 1 aromatic heterocycles. The number of nitrogens with two attached hydrogens (primary N) is 1. The lowest BCUT2D eigenvalue weighted by molar-refractivity contribution is -0.0973. The number of nitrogens with zero attached hydrogens (tertiary/aromatic N) is 1. The molecular formula is C13H21N3O4. The second kappa shape index (κ2) is 6.36. The molecule has 2 rings (SSSR count). The molecule has 2 atom stereocenters.